The molecule has 3 nitrogen and oxygen atoms in total. The van der Waals surface area contributed by atoms with Crippen LogP contribution >= 0.6 is 0 Å². The second-order valence-electron chi connectivity index (χ2n) is 3.01. The van der Waals surface area contributed by atoms with Crippen molar-refractivity contribution in [1.82, 2.24) is 5.43 Å². The standard InChI is InChI=1S/C9H20N2O/c1-4-5-6-9(11-10)7-8(2)12-3/h4,8-9,11H,1,5-7,10H2,2-3H3. The van der Waals surface area contributed by atoms with Crippen molar-refractivity contribution >= 4 is 0 Å². The van der Waals surface area contributed by atoms with Crippen LogP contribution in [0.4, 0.5) is 0 Å². The number of nitrogens with two attached hydrogens (primary N) is 1. The van der Waals surface area contributed by atoms with Crippen LogP contribution in [0.25, 0.3) is 0 Å². The van der Waals surface area contributed by atoms with E-state index in [4.69, 9.17) is 10.6 Å². The van der Waals surface area contributed by atoms with Crippen molar-refractivity contribution in [1.29, 1.82) is 0 Å². The average Bonchev–Trinajstić information content (AvgIpc) is 2.11. The highest BCUT2D eigenvalue weighted by molar-refractivity contribution is 4.74. The van der Waals surface area contributed by atoms with Crippen molar-refractivity contribution in [2.75, 3.05) is 7.11 Å². The van der Waals surface area contributed by atoms with Crippen molar-refractivity contribution in [2.24, 2.45) is 5.84 Å². The fourth-order valence-electron chi connectivity index (χ4n) is 1.09. The lowest BCUT2D eigenvalue weighted by molar-refractivity contribution is 0.0994. The van der Waals surface area contributed by atoms with E-state index >= 15 is 0 Å². The SMILES string of the molecule is C=CCCC(CC(C)OC)NN. The molecule has 0 saturated heterocycles. The third-order valence-corrected chi connectivity index (χ3v) is 1.97. The molecule has 0 aliphatic heterocycles. The molecule has 0 aromatic heterocycles. The smallest absolute Gasteiger partial charge is 0.0558 e. The van der Waals surface area contributed by atoms with Gasteiger partial charge in [0.1, 0.15) is 0 Å². The Morgan fingerprint density at radius 1 is 1.67 bits per heavy atom. The van der Waals surface area contributed by atoms with E-state index in [-0.39, 0.29) is 6.10 Å². The monoisotopic (exact) mass is 172 g/mol. The van der Waals surface area contributed by atoms with Gasteiger partial charge in [0.2, 0.25) is 0 Å². The zero-order valence-corrected chi connectivity index (χ0v) is 8.05. The predicted molar refractivity (Wildman–Crippen MR) is 51.6 cm³/mol. The first-order valence-electron chi connectivity index (χ1n) is 4.34. The molecule has 3 heteroatoms. The molecule has 3 N–H and O–H groups in total. The van der Waals surface area contributed by atoms with E-state index in [0.717, 1.165) is 19.3 Å². The van der Waals surface area contributed by atoms with Gasteiger partial charge in [0.15, 0.2) is 0 Å². The van der Waals surface area contributed by atoms with Crippen LogP contribution in [-0.4, -0.2) is 19.3 Å². The van der Waals surface area contributed by atoms with Gasteiger partial charge in [-0.05, 0) is 26.2 Å². The van der Waals surface area contributed by atoms with Crippen LogP contribution in [0.15, 0.2) is 12.7 Å². The van der Waals surface area contributed by atoms with Gasteiger partial charge in [-0.2, -0.15) is 0 Å². The lowest BCUT2D eigenvalue weighted by Crippen LogP contribution is -2.37. The van der Waals surface area contributed by atoms with Crippen molar-refractivity contribution in [3.63, 3.8) is 0 Å². The van der Waals surface area contributed by atoms with Gasteiger partial charge in [0, 0.05) is 13.2 Å². The summed E-state index contributed by atoms with van der Waals surface area (Å²) in [5.74, 6) is 5.38. The molecule has 0 bridgehead atoms. The zero-order valence-electron chi connectivity index (χ0n) is 8.05. The highest BCUT2D eigenvalue weighted by Gasteiger charge is 2.09. The van der Waals surface area contributed by atoms with E-state index in [1.54, 1.807) is 7.11 Å². The minimum Gasteiger partial charge on any atom is -0.382 e. The fraction of sp³-hybridized carbons (Fsp3) is 0.778. The lowest BCUT2D eigenvalue weighted by atomic mass is 10.1. The summed E-state index contributed by atoms with van der Waals surface area (Å²) in [6.45, 7) is 5.71. The summed E-state index contributed by atoms with van der Waals surface area (Å²) in [5, 5.41) is 0. The lowest BCUT2D eigenvalue weighted by Gasteiger charge is -2.18. The first-order valence-corrected chi connectivity index (χ1v) is 4.34. The van der Waals surface area contributed by atoms with Crippen molar-refractivity contribution < 1.29 is 4.74 Å². The summed E-state index contributed by atoms with van der Waals surface area (Å²) in [4.78, 5) is 0. The van der Waals surface area contributed by atoms with E-state index < -0.39 is 0 Å². The Morgan fingerprint density at radius 3 is 2.75 bits per heavy atom. The van der Waals surface area contributed by atoms with Gasteiger partial charge in [-0.25, -0.2) is 0 Å². The molecule has 0 spiro atoms. The number of nitrogens with one attached hydrogen (secondary N) is 1. The van der Waals surface area contributed by atoms with Gasteiger partial charge < -0.3 is 4.74 Å². The van der Waals surface area contributed by atoms with Gasteiger partial charge in [-0.15, -0.1) is 6.58 Å². The van der Waals surface area contributed by atoms with E-state index in [2.05, 4.69) is 12.0 Å². The van der Waals surface area contributed by atoms with Crippen LogP contribution in [-0.2, 0) is 4.74 Å². The van der Waals surface area contributed by atoms with Crippen LogP contribution in [0.1, 0.15) is 26.2 Å². The molecule has 0 aliphatic rings. The molecule has 72 valence electrons. The molecular formula is C9H20N2O. The van der Waals surface area contributed by atoms with Crippen LogP contribution < -0.4 is 11.3 Å². The van der Waals surface area contributed by atoms with Crippen LogP contribution in [0.2, 0.25) is 0 Å². The summed E-state index contributed by atoms with van der Waals surface area (Å²) in [5.41, 5.74) is 2.77. The summed E-state index contributed by atoms with van der Waals surface area (Å²) in [6.07, 6.45) is 5.12. The summed E-state index contributed by atoms with van der Waals surface area (Å²) in [7, 11) is 1.71. The summed E-state index contributed by atoms with van der Waals surface area (Å²) >= 11 is 0. The molecule has 0 aliphatic carbocycles. The van der Waals surface area contributed by atoms with Gasteiger partial charge in [0.05, 0.1) is 6.10 Å². The first-order chi connectivity index (χ1) is 5.74. The van der Waals surface area contributed by atoms with Gasteiger partial charge in [0.25, 0.3) is 0 Å². The fourth-order valence-corrected chi connectivity index (χ4v) is 1.09. The molecule has 0 amide bonds. The van der Waals surface area contributed by atoms with Crippen LogP contribution in [0, 0.1) is 0 Å². The molecule has 0 radical (unpaired) electrons. The molecule has 0 saturated carbocycles. The Kier molecular flexibility index (Phi) is 7.05. The Hall–Kier alpha value is -0.380. The predicted octanol–water partition coefficient (Wildman–Crippen LogP) is 1.21. The van der Waals surface area contributed by atoms with Gasteiger partial charge in [-0.1, -0.05) is 6.08 Å². The summed E-state index contributed by atoms with van der Waals surface area (Å²) in [6, 6.07) is 0.331. The second-order valence-corrected chi connectivity index (χ2v) is 3.01. The topological polar surface area (TPSA) is 47.3 Å². The summed E-state index contributed by atoms with van der Waals surface area (Å²) < 4.78 is 5.14. The molecular weight excluding hydrogens is 152 g/mol. The minimum absolute atomic E-state index is 0.260. The van der Waals surface area contributed by atoms with Crippen LogP contribution in [0.3, 0.4) is 0 Å². The highest BCUT2D eigenvalue weighted by Crippen LogP contribution is 2.06. The number of hydrogen-bond acceptors (Lipinski definition) is 3. The highest BCUT2D eigenvalue weighted by atomic mass is 16.5. The molecule has 2 unspecified atom stereocenters. The molecule has 0 rings (SSSR count). The maximum atomic E-state index is 5.38. The number of ether oxygens (including phenoxy) is 1. The number of methoxy groups -OCH3 is 1. The molecule has 0 aromatic rings. The zero-order chi connectivity index (χ0) is 9.40. The molecule has 12 heavy (non-hydrogen) atoms. The van der Waals surface area contributed by atoms with Crippen molar-refractivity contribution in [3.05, 3.63) is 12.7 Å². The molecule has 0 heterocycles. The van der Waals surface area contributed by atoms with E-state index in [9.17, 15) is 0 Å². The number of rotatable bonds is 7. The molecule has 0 fully saturated rings. The van der Waals surface area contributed by atoms with E-state index in [1.807, 2.05) is 13.0 Å². The maximum absolute atomic E-state index is 5.38. The van der Waals surface area contributed by atoms with E-state index in [1.165, 1.54) is 0 Å². The average molecular weight is 172 g/mol. The number of allylic oxidation sites excluding steroid dienone is 1. The second kappa shape index (κ2) is 7.28. The van der Waals surface area contributed by atoms with Crippen molar-refractivity contribution in [3.8, 4) is 0 Å². The Bertz CT molecular complexity index is 117. The Morgan fingerprint density at radius 2 is 2.33 bits per heavy atom. The Balaban J connectivity index is 3.58. The number of hydrogen-bond donors (Lipinski definition) is 2. The third-order valence-electron chi connectivity index (χ3n) is 1.97. The van der Waals surface area contributed by atoms with E-state index in [0.29, 0.717) is 6.04 Å². The Labute approximate surface area is 74.9 Å². The van der Waals surface area contributed by atoms with Crippen LogP contribution in [0.5, 0.6) is 0 Å². The minimum atomic E-state index is 0.260. The number of hydrazine groups is 1. The maximum Gasteiger partial charge on any atom is 0.0558 e. The quantitative estimate of drug-likeness (QED) is 0.345. The molecule has 2 atom stereocenters. The third kappa shape index (κ3) is 5.29. The van der Waals surface area contributed by atoms with Gasteiger partial charge in [-0.3, -0.25) is 11.3 Å². The first kappa shape index (κ1) is 11.6. The molecule has 0 aromatic carbocycles. The largest absolute Gasteiger partial charge is 0.382 e. The normalized spacial score (nSPS) is 15.6. The van der Waals surface area contributed by atoms with Crippen molar-refractivity contribution in [2.45, 2.75) is 38.3 Å². The van der Waals surface area contributed by atoms with Gasteiger partial charge >= 0.3 is 0 Å².